The van der Waals surface area contributed by atoms with E-state index in [9.17, 15) is 0 Å². The van der Waals surface area contributed by atoms with Crippen molar-refractivity contribution < 1.29 is 0 Å². The second kappa shape index (κ2) is 8.32. The first-order valence-corrected chi connectivity index (χ1v) is 9.27. The summed E-state index contributed by atoms with van der Waals surface area (Å²) in [6.07, 6.45) is 9.26. The molecule has 0 aliphatic carbocycles. The minimum Gasteiger partial charge on any atom is -0.368 e. The summed E-state index contributed by atoms with van der Waals surface area (Å²) in [5.41, 5.74) is 4.97. The van der Waals surface area contributed by atoms with Crippen LogP contribution in [0.3, 0.4) is 0 Å². The molecule has 1 saturated heterocycles. The Morgan fingerprint density at radius 2 is 1.83 bits per heavy atom. The Hall–Kier alpha value is -1.58. The Bertz CT molecular complexity index is 611. The standard InChI is InChI=1S/C15H22N4.C4H10/c1-4-11(3)12-10-18(5-2)15-13(19-7-6-8-19)9-16-17-14(12)15;1-3-4-2/h9-11H,4-8H2,1-3H3;3-4H2,1-2H3. The van der Waals surface area contributed by atoms with E-state index < -0.39 is 0 Å². The number of unbranched alkanes of at least 4 members (excludes halogenated alkanes) is 1. The van der Waals surface area contributed by atoms with Gasteiger partial charge in [-0.25, -0.2) is 0 Å². The number of aryl methyl sites for hydroxylation is 1. The number of fused-ring (bicyclic) bond motifs is 1. The average molecular weight is 316 g/mol. The van der Waals surface area contributed by atoms with E-state index in [0.717, 1.165) is 31.6 Å². The number of aromatic nitrogens is 3. The largest absolute Gasteiger partial charge is 0.368 e. The monoisotopic (exact) mass is 316 g/mol. The molecule has 2 aromatic rings. The molecule has 0 amide bonds. The van der Waals surface area contributed by atoms with Gasteiger partial charge in [0.1, 0.15) is 5.52 Å². The molecule has 1 unspecified atom stereocenters. The summed E-state index contributed by atoms with van der Waals surface area (Å²) >= 11 is 0. The summed E-state index contributed by atoms with van der Waals surface area (Å²) in [7, 11) is 0. The fourth-order valence-corrected chi connectivity index (χ4v) is 2.76. The van der Waals surface area contributed by atoms with E-state index in [1.807, 2.05) is 6.20 Å². The summed E-state index contributed by atoms with van der Waals surface area (Å²) in [5, 5.41) is 8.66. The zero-order valence-corrected chi connectivity index (χ0v) is 15.5. The molecule has 23 heavy (non-hydrogen) atoms. The van der Waals surface area contributed by atoms with Gasteiger partial charge in [0.25, 0.3) is 0 Å². The van der Waals surface area contributed by atoms with Gasteiger partial charge in [-0.15, -0.1) is 5.10 Å². The van der Waals surface area contributed by atoms with Crippen LogP contribution in [0.4, 0.5) is 5.69 Å². The maximum Gasteiger partial charge on any atom is 0.116 e. The first kappa shape index (κ1) is 17.8. The van der Waals surface area contributed by atoms with Gasteiger partial charge < -0.3 is 9.47 Å². The number of hydrogen-bond donors (Lipinski definition) is 0. The zero-order chi connectivity index (χ0) is 16.8. The highest BCUT2D eigenvalue weighted by Crippen LogP contribution is 2.34. The lowest BCUT2D eigenvalue weighted by molar-refractivity contribution is 0.616. The number of nitrogens with zero attached hydrogens (tertiary/aromatic N) is 4. The molecule has 3 heterocycles. The first-order chi connectivity index (χ1) is 11.2. The van der Waals surface area contributed by atoms with Crippen molar-refractivity contribution in [1.29, 1.82) is 0 Å². The summed E-state index contributed by atoms with van der Waals surface area (Å²) < 4.78 is 2.33. The molecule has 4 nitrogen and oxygen atoms in total. The molecule has 0 saturated carbocycles. The van der Waals surface area contributed by atoms with Gasteiger partial charge in [-0.05, 0) is 25.7 Å². The summed E-state index contributed by atoms with van der Waals surface area (Å²) in [6, 6.07) is 0. The lowest BCUT2D eigenvalue weighted by Crippen LogP contribution is -2.37. The maximum atomic E-state index is 4.42. The van der Waals surface area contributed by atoms with Crippen molar-refractivity contribution >= 4 is 16.7 Å². The van der Waals surface area contributed by atoms with Crippen molar-refractivity contribution in [3.63, 3.8) is 0 Å². The quantitative estimate of drug-likeness (QED) is 0.780. The van der Waals surface area contributed by atoms with Crippen LogP contribution in [0.5, 0.6) is 0 Å². The van der Waals surface area contributed by atoms with Crippen molar-refractivity contribution in [2.45, 2.75) is 72.8 Å². The van der Waals surface area contributed by atoms with Crippen molar-refractivity contribution in [3.05, 3.63) is 18.0 Å². The van der Waals surface area contributed by atoms with Crippen molar-refractivity contribution in [3.8, 4) is 0 Å². The fourth-order valence-electron chi connectivity index (χ4n) is 2.76. The fraction of sp³-hybridized carbons (Fsp3) is 0.684. The third-order valence-corrected chi connectivity index (χ3v) is 4.84. The highest BCUT2D eigenvalue weighted by molar-refractivity contribution is 5.91. The molecule has 0 radical (unpaired) electrons. The van der Waals surface area contributed by atoms with Gasteiger partial charge in [-0.3, -0.25) is 0 Å². The van der Waals surface area contributed by atoms with Gasteiger partial charge >= 0.3 is 0 Å². The van der Waals surface area contributed by atoms with Gasteiger partial charge in [-0.2, -0.15) is 5.10 Å². The van der Waals surface area contributed by atoms with Crippen LogP contribution in [-0.2, 0) is 6.54 Å². The Morgan fingerprint density at radius 3 is 2.30 bits per heavy atom. The Labute approximate surface area is 140 Å². The molecule has 1 atom stereocenters. The van der Waals surface area contributed by atoms with E-state index in [0.29, 0.717) is 5.92 Å². The predicted octanol–water partition coefficient (Wildman–Crippen LogP) is 4.98. The molecule has 0 aromatic carbocycles. The predicted molar refractivity (Wildman–Crippen MR) is 99.3 cm³/mol. The smallest absolute Gasteiger partial charge is 0.116 e. The van der Waals surface area contributed by atoms with Crippen molar-refractivity contribution in [1.82, 2.24) is 14.8 Å². The third kappa shape index (κ3) is 3.67. The normalized spacial score (nSPS) is 15.1. The minimum atomic E-state index is 0.538. The van der Waals surface area contributed by atoms with Gasteiger partial charge in [-0.1, -0.05) is 40.5 Å². The van der Waals surface area contributed by atoms with Crippen LogP contribution in [0.25, 0.3) is 11.0 Å². The number of hydrogen-bond acceptors (Lipinski definition) is 3. The van der Waals surface area contributed by atoms with Crippen LogP contribution in [0.15, 0.2) is 12.4 Å². The van der Waals surface area contributed by atoms with Gasteiger partial charge in [0.05, 0.1) is 17.4 Å². The van der Waals surface area contributed by atoms with Crippen LogP contribution in [0, 0.1) is 0 Å². The molecule has 128 valence electrons. The molecule has 3 rings (SSSR count). The Balaban J connectivity index is 0.000000433. The molecule has 4 heteroatoms. The van der Waals surface area contributed by atoms with Crippen molar-refractivity contribution in [2.75, 3.05) is 18.0 Å². The van der Waals surface area contributed by atoms with E-state index in [2.05, 4.69) is 60.5 Å². The summed E-state index contributed by atoms with van der Waals surface area (Å²) in [6.45, 7) is 14.3. The van der Waals surface area contributed by atoms with Gasteiger partial charge in [0.2, 0.25) is 0 Å². The number of rotatable bonds is 5. The topological polar surface area (TPSA) is 34.0 Å². The Kier molecular flexibility index (Phi) is 6.43. The first-order valence-electron chi connectivity index (χ1n) is 9.27. The van der Waals surface area contributed by atoms with E-state index in [-0.39, 0.29) is 0 Å². The molecule has 0 N–H and O–H groups in total. The Morgan fingerprint density at radius 1 is 1.13 bits per heavy atom. The van der Waals surface area contributed by atoms with Crippen LogP contribution >= 0.6 is 0 Å². The highest BCUT2D eigenvalue weighted by atomic mass is 15.2. The molecule has 0 spiro atoms. The average Bonchev–Trinajstić information content (AvgIpc) is 2.92. The van der Waals surface area contributed by atoms with E-state index in [1.165, 1.54) is 36.0 Å². The third-order valence-electron chi connectivity index (χ3n) is 4.84. The lowest BCUT2D eigenvalue weighted by atomic mass is 10.0. The molecule has 1 aliphatic rings. The molecular formula is C19H32N4. The molecule has 1 fully saturated rings. The van der Waals surface area contributed by atoms with Crippen LogP contribution in [-0.4, -0.2) is 27.9 Å². The summed E-state index contributed by atoms with van der Waals surface area (Å²) in [5.74, 6) is 0.538. The van der Waals surface area contributed by atoms with E-state index >= 15 is 0 Å². The maximum absolute atomic E-state index is 4.42. The molecule has 1 aliphatic heterocycles. The molecular weight excluding hydrogens is 284 g/mol. The van der Waals surface area contributed by atoms with E-state index in [4.69, 9.17) is 0 Å². The SMILES string of the molecule is CCC(C)c1cn(CC)c2c(N3CCC3)cnnc12.CCCC. The van der Waals surface area contributed by atoms with Gasteiger partial charge in [0, 0.05) is 31.4 Å². The second-order valence-electron chi connectivity index (χ2n) is 6.45. The zero-order valence-electron chi connectivity index (χ0n) is 15.5. The number of anilines is 1. The minimum absolute atomic E-state index is 0.538. The van der Waals surface area contributed by atoms with Crippen LogP contribution < -0.4 is 4.90 Å². The molecule has 2 aromatic heterocycles. The highest BCUT2D eigenvalue weighted by Gasteiger charge is 2.22. The van der Waals surface area contributed by atoms with Crippen LogP contribution in [0.2, 0.25) is 0 Å². The van der Waals surface area contributed by atoms with Gasteiger partial charge in [0.15, 0.2) is 0 Å². The van der Waals surface area contributed by atoms with Crippen molar-refractivity contribution in [2.24, 2.45) is 0 Å². The lowest BCUT2D eigenvalue weighted by Gasteiger charge is -2.33. The summed E-state index contributed by atoms with van der Waals surface area (Å²) in [4.78, 5) is 2.41. The molecule has 0 bridgehead atoms. The van der Waals surface area contributed by atoms with E-state index in [1.54, 1.807) is 0 Å². The van der Waals surface area contributed by atoms with Crippen LogP contribution in [0.1, 0.15) is 71.8 Å². The second-order valence-corrected chi connectivity index (χ2v) is 6.45.